The number of halogens is 3. The number of rotatable bonds is 7. The molecule has 1 saturated carbocycles. The molecule has 144 valence electrons. The van der Waals surface area contributed by atoms with Gasteiger partial charge in [0.2, 0.25) is 0 Å². The Balaban J connectivity index is 1.47. The van der Waals surface area contributed by atoms with E-state index in [2.05, 4.69) is 18.2 Å². The third kappa shape index (κ3) is 5.72. The number of hydrogen-bond acceptors (Lipinski definition) is 0. The summed E-state index contributed by atoms with van der Waals surface area (Å²) in [5.74, 6) is -0.236. The van der Waals surface area contributed by atoms with Crippen molar-refractivity contribution in [2.24, 2.45) is 11.8 Å². The molecule has 1 fully saturated rings. The van der Waals surface area contributed by atoms with Crippen LogP contribution in [0.3, 0.4) is 0 Å². The van der Waals surface area contributed by atoms with Gasteiger partial charge in [-0.25, -0.2) is 8.78 Å². The SMILES string of the molecule is FCC/C=C/[C@H]1CC[C@H](CCc2ccc(-c3ccc(F)c(F)c3)cc2)CC1. The van der Waals surface area contributed by atoms with Crippen molar-refractivity contribution in [1.29, 1.82) is 0 Å². The summed E-state index contributed by atoms with van der Waals surface area (Å²) in [5, 5.41) is 0. The fraction of sp³-hybridized carbons (Fsp3) is 0.417. The molecular formula is C24H27F3. The molecule has 0 saturated heterocycles. The Hall–Kier alpha value is -2.03. The van der Waals surface area contributed by atoms with Crippen LogP contribution in [0.1, 0.15) is 44.1 Å². The summed E-state index contributed by atoms with van der Waals surface area (Å²) in [4.78, 5) is 0. The molecule has 0 aromatic heterocycles. The second-order valence-electron chi connectivity index (χ2n) is 7.55. The molecule has 0 nitrogen and oxygen atoms in total. The van der Waals surface area contributed by atoms with Crippen LogP contribution in [0.15, 0.2) is 54.6 Å². The van der Waals surface area contributed by atoms with Gasteiger partial charge in [0.25, 0.3) is 0 Å². The maximum atomic E-state index is 13.4. The molecule has 27 heavy (non-hydrogen) atoms. The van der Waals surface area contributed by atoms with Crippen LogP contribution in [0.2, 0.25) is 0 Å². The zero-order valence-electron chi connectivity index (χ0n) is 15.6. The lowest BCUT2D eigenvalue weighted by Gasteiger charge is -2.26. The topological polar surface area (TPSA) is 0 Å². The van der Waals surface area contributed by atoms with Gasteiger partial charge in [-0.2, -0.15) is 0 Å². The molecule has 0 unspecified atom stereocenters. The normalized spacial score (nSPS) is 20.3. The highest BCUT2D eigenvalue weighted by molar-refractivity contribution is 5.63. The van der Waals surface area contributed by atoms with Crippen LogP contribution in [0.5, 0.6) is 0 Å². The Morgan fingerprint density at radius 3 is 2.22 bits per heavy atom. The molecule has 1 aliphatic carbocycles. The number of alkyl halides is 1. The largest absolute Gasteiger partial charge is 0.251 e. The van der Waals surface area contributed by atoms with Crippen LogP contribution in [0, 0.1) is 23.5 Å². The van der Waals surface area contributed by atoms with Crippen LogP contribution >= 0.6 is 0 Å². The molecule has 0 radical (unpaired) electrons. The highest BCUT2D eigenvalue weighted by Gasteiger charge is 2.19. The average Bonchev–Trinajstić information content (AvgIpc) is 2.70. The number of allylic oxidation sites excluding steroid dienone is 2. The lowest BCUT2D eigenvalue weighted by molar-refractivity contribution is 0.296. The molecule has 0 bridgehead atoms. The van der Waals surface area contributed by atoms with Gasteiger partial charge in [0.15, 0.2) is 11.6 Å². The van der Waals surface area contributed by atoms with E-state index in [1.807, 2.05) is 18.2 Å². The molecule has 0 amide bonds. The monoisotopic (exact) mass is 372 g/mol. The lowest BCUT2D eigenvalue weighted by atomic mass is 9.79. The van der Waals surface area contributed by atoms with E-state index in [1.54, 1.807) is 6.07 Å². The lowest BCUT2D eigenvalue weighted by Crippen LogP contribution is -2.13. The van der Waals surface area contributed by atoms with Gasteiger partial charge in [-0.05, 0) is 85.6 Å². The minimum Gasteiger partial charge on any atom is -0.251 e. The van der Waals surface area contributed by atoms with E-state index in [1.165, 1.54) is 49.8 Å². The minimum absolute atomic E-state index is 0.263. The summed E-state index contributed by atoms with van der Waals surface area (Å²) >= 11 is 0. The Morgan fingerprint density at radius 1 is 0.852 bits per heavy atom. The van der Waals surface area contributed by atoms with Crippen molar-refractivity contribution in [3.05, 3.63) is 71.8 Å². The van der Waals surface area contributed by atoms with E-state index >= 15 is 0 Å². The summed E-state index contributed by atoms with van der Waals surface area (Å²) in [7, 11) is 0. The van der Waals surface area contributed by atoms with Crippen LogP contribution in [-0.2, 0) is 6.42 Å². The molecule has 0 atom stereocenters. The maximum absolute atomic E-state index is 13.4. The third-order valence-electron chi connectivity index (χ3n) is 5.62. The van der Waals surface area contributed by atoms with Crippen molar-refractivity contribution in [1.82, 2.24) is 0 Å². The summed E-state index contributed by atoms with van der Waals surface area (Å²) in [6.07, 6.45) is 11.9. The first-order valence-electron chi connectivity index (χ1n) is 9.92. The van der Waals surface area contributed by atoms with Gasteiger partial charge in [0.1, 0.15) is 0 Å². The van der Waals surface area contributed by atoms with Gasteiger partial charge in [-0.3, -0.25) is 4.39 Å². The fourth-order valence-electron chi connectivity index (χ4n) is 3.93. The van der Waals surface area contributed by atoms with E-state index in [4.69, 9.17) is 0 Å². The van der Waals surface area contributed by atoms with Crippen molar-refractivity contribution in [3.63, 3.8) is 0 Å². The Bertz CT molecular complexity index is 741. The minimum atomic E-state index is -0.817. The first-order chi connectivity index (χ1) is 13.2. The van der Waals surface area contributed by atoms with Crippen molar-refractivity contribution in [2.45, 2.75) is 44.9 Å². The van der Waals surface area contributed by atoms with Crippen molar-refractivity contribution in [3.8, 4) is 11.1 Å². The molecule has 0 spiro atoms. The number of hydrogen-bond donors (Lipinski definition) is 0. The van der Waals surface area contributed by atoms with Crippen LogP contribution in [0.4, 0.5) is 13.2 Å². The average molecular weight is 372 g/mol. The van der Waals surface area contributed by atoms with Crippen molar-refractivity contribution >= 4 is 0 Å². The molecule has 0 aliphatic heterocycles. The van der Waals surface area contributed by atoms with Gasteiger partial charge in [0, 0.05) is 0 Å². The van der Waals surface area contributed by atoms with Gasteiger partial charge < -0.3 is 0 Å². The van der Waals surface area contributed by atoms with E-state index in [9.17, 15) is 13.2 Å². The Labute approximate surface area is 160 Å². The molecule has 3 heteroatoms. The summed E-state index contributed by atoms with van der Waals surface area (Å²) < 4.78 is 38.6. The second-order valence-corrected chi connectivity index (χ2v) is 7.55. The molecule has 0 N–H and O–H groups in total. The smallest absolute Gasteiger partial charge is 0.159 e. The van der Waals surface area contributed by atoms with Crippen LogP contribution in [0.25, 0.3) is 11.1 Å². The highest BCUT2D eigenvalue weighted by Crippen LogP contribution is 2.32. The molecular weight excluding hydrogens is 345 g/mol. The van der Waals surface area contributed by atoms with E-state index in [-0.39, 0.29) is 6.67 Å². The predicted octanol–water partition coefficient (Wildman–Crippen LogP) is 7.29. The molecule has 1 aliphatic rings. The van der Waals surface area contributed by atoms with Crippen LogP contribution < -0.4 is 0 Å². The summed E-state index contributed by atoms with van der Waals surface area (Å²) in [6, 6.07) is 12.1. The van der Waals surface area contributed by atoms with Gasteiger partial charge in [-0.15, -0.1) is 0 Å². The summed E-state index contributed by atoms with van der Waals surface area (Å²) in [6.45, 7) is -0.263. The zero-order valence-corrected chi connectivity index (χ0v) is 15.6. The molecule has 3 rings (SSSR count). The second kappa shape index (κ2) is 9.77. The first kappa shape index (κ1) is 19.7. The zero-order chi connectivity index (χ0) is 19.1. The molecule has 0 heterocycles. The van der Waals surface area contributed by atoms with E-state index in [0.717, 1.165) is 17.9 Å². The fourth-order valence-corrected chi connectivity index (χ4v) is 3.93. The third-order valence-corrected chi connectivity index (χ3v) is 5.62. The molecule has 2 aromatic carbocycles. The quantitative estimate of drug-likeness (QED) is 0.448. The van der Waals surface area contributed by atoms with E-state index in [0.29, 0.717) is 17.9 Å². The van der Waals surface area contributed by atoms with Crippen molar-refractivity contribution in [2.75, 3.05) is 6.67 Å². The van der Waals surface area contributed by atoms with Gasteiger partial charge >= 0.3 is 0 Å². The molecule has 2 aromatic rings. The highest BCUT2D eigenvalue weighted by atomic mass is 19.2. The summed E-state index contributed by atoms with van der Waals surface area (Å²) in [5.41, 5.74) is 2.88. The number of benzene rings is 2. The van der Waals surface area contributed by atoms with Crippen LogP contribution in [-0.4, -0.2) is 6.67 Å². The number of aryl methyl sites for hydroxylation is 1. The maximum Gasteiger partial charge on any atom is 0.159 e. The van der Waals surface area contributed by atoms with Crippen molar-refractivity contribution < 1.29 is 13.2 Å². The predicted molar refractivity (Wildman–Crippen MR) is 105 cm³/mol. The Morgan fingerprint density at radius 2 is 1.56 bits per heavy atom. The standard InChI is InChI=1S/C24H27F3/c25-16-2-1-3-18-4-6-19(7-5-18)8-9-20-10-12-21(13-11-20)22-14-15-23(26)24(27)17-22/h1,3,10-15,17-19H,2,4-9,16H2/b3-1+/t18-,19-. The van der Waals surface area contributed by atoms with Gasteiger partial charge in [0.05, 0.1) is 6.67 Å². The van der Waals surface area contributed by atoms with Gasteiger partial charge in [-0.1, -0.05) is 42.5 Å². The Kier molecular flexibility index (Phi) is 7.14. The first-order valence-corrected chi connectivity index (χ1v) is 9.92. The van der Waals surface area contributed by atoms with E-state index < -0.39 is 11.6 Å².